The molecule has 0 spiro atoms. The fourth-order valence-electron chi connectivity index (χ4n) is 0.778. The number of thioether (sulfide) groups is 1. The van der Waals surface area contributed by atoms with E-state index in [9.17, 15) is 0 Å². The summed E-state index contributed by atoms with van der Waals surface area (Å²) in [6.45, 7) is 9.14. The second-order valence-corrected chi connectivity index (χ2v) is 5.56. The molecule has 2 nitrogen and oxygen atoms in total. The highest BCUT2D eigenvalue weighted by molar-refractivity contribution is 7.99. The molecule has 0 radical (unpaired) electrons. The van der Waals surface area contributed by atoms with Crippen molar-refractivity contribution in [2.24, 2.45) is 5.73 Å². The molecule has 0 aromatic rings. The predicted molar refractivity (Wildman–Crippen MR) is 61.3 cm³/mol. The molecule has 2 N–H and O–H groups in total. The van der Waals surface area contributed by atoms with E-state index in [1.165, 1.54) is 0 Å². The first kappa shape index (κ1) is 13.3. The number of nitrogens with two attached hydrogens (primary N) is 1. The molecule has 0 saturated heterocycles. The Labute approximate surface area is 86.6 Å². The molecule has 3 heteroatoms. The van der Waals surface area contributed by atoms with Gasteiger partial charge in [-0.1, -0.05) is 0 Å². The van der Waals surface area contributed by atoms with Gasteiger partial charge in [0.15, 0.2) is 0 Å². The molecule has 0 fully saturated rings. The molecule has 0 heterocycles. The van der Waals surface area contributed by atoms with Crippen LogP contribution >= 0.6 is 11.8 Å². The van der Waals surface area contributed by atoms with E-state index in [4.69, 9.17) is 10.5 Å². The van der Waals surface area contributed by atoms with Crippen LogP contribution in [-0.2, 0) is 4.74 Å². The van der Waals surface area contributed by atoms with Crippen molar-refractivity contribution in [3.05, 3.63) is 0 Å². The first-order valence-electron chi connectivity index (χ1n) is 4.89. The van der Waals surface area contributed by atoms with E-state index in [2.05, 4.69) is 20.8 Å². The van der Waals surface area contributed by atoms with Gasteiger partial charge in [-0.15, -0.1) is 0 Å². The summed E-state index contributed by atoms with van der Waals surface area (Å²) < 4.78 is 5.58. The molecule has 13 heavy (non-hydrogen) atoms. The normalized spacial score (nSPS) is 14.5. The summed E-state index contributed by atoms with van der Waals surface area (Å²) in [5, 5.41) is 0. The van der Waals surface area contributed by atoms with Crippen LogP contribution in [0.15, 0.2) is 0 Å². The monoisotopic (exact) mass is 205 g/mol. The molecule has 80 valence electrons. The highest BCUT2D eigenvalue weighted by atomic mass is 32.2. The topological polar surface area (TPSA) is 35.2 Å². The second-order valence-electron chi connectivity index (χ2n) is 4.34. The van der Waals surface area contributed by atoms with E-state index in [0.29, 0.717) is 6.04 Å². The Balaban J connectivity index is 3.09. The van der Waals surface area contributed by atoms with Crippen molar-refractivity contribution < 1.29 is 4.74 Å². The maximum Gasteiger partial charge on any atom is 0.0598 e. The lowest BCUT2D eigenvalue weighted by Gasteiger charge is -2.19. The number of rotatable bonds is 6. The highest BCUT2D eigenvalue weighted by Crippen LogP contribution is 2.09. The van der Waals surface area contributed by atoms with E-state index in [-0.39, 0.29) is 5.60 Å². The zero-order chi connectivity index (χ0) is 10.3. The Morgan fingerprint density at radius 1 is 1.31 bits per heavy atom. The van der Waals surface area contributed by atoms with E-state index in [0.717, 1.165) is 24.5 Å². The molecule has 0 rings (SSSR count). The molecule has 0 aromatic heterocycles. The van der Waals surface area contributed by atoms with Crippen molar-refractivity contribution >= 4 is 11.8 Å². The molecule has 0 bridgehead atoms. The summed E-state index contributed by atoms with van der Waals surface area (Å²) in [5.41, 5.74) is 5.63. The van der Waals surface area contributed by atoms with Crippen molar-refractivity contribution in [3.63, 3.8) is 0 Å². The lowest BCUT2D eigenvalue weighted by Crippen LogP contribution is -2.21. The summed E-state index contributed by atoms with van der Waals surface area (Å²) in [7, 11) is 0. The average Bonchev–Trinajstić information content (AvgIpc) is 1.93. The van der Waals surface area contributed by atoms with Crippen LogP contribution in [0.5, 0.6) is 0 Å². The van der Waals surface area contributed by atoms with E-state index >= 15 is 0 Å². The van der Waals surface area contributed by atoms with Crippen molar-refractivity contribution in [2.75, 3.05) is 18.1 Å². The van der Waals surface area contributed by atoms with Gasteiger partial charge in [-0.25, -0.2) is 0 Å². The van der Waals surface area contributed by atoms with Gasteiger partial charge < -0.3 is 10.5 Å². The van der Waals surface area contributed by atoms with Gasteiger partial charge in [0, 0.05) is 11.8 Å². The Bertz CT molecular complexity index is 121. The second kappa shape index (κ2) is 6.68. The van der Waals surface area contributed by atoms with Crippen LogP contribution in [0.4, 0.5) is 0 Å². The van der Waals surface area contributed by atoms with E-state index in [1.54, 1.807) is 0 Å². The lowest BCUT2D eigenvalue weighted by atomic mass is 10.2. The molecule has 0 amide bonds. The first-order chi connectivity index (χ1) is 5.92. The molecule has 0 aliphatic carbocycles. The van der Waals surface area contributed by atoms with E-state index < -0.39 is 0 Å². The molecule has 1 atom stereocenters. The van der Waals surface area contributed by atoms with E-state index in [1.807, 2.05) is 18.7 Å². The van der Waals surface area contributed by atoms with Crippen molar-refractivity contribution in [1.29, 1.82) is 0 Å². The summed E-state index contributed by atoms with van der Waals surface area (Å²) >= 11 is 1.92. The van der Waals surface area contributed by atoms with Crippen LogP contribution < -0.4 is 5.73 Å². The summed E-state index contributed by atoms with van der Waals surface area (Å²) in [5.74, 6) is 2.22. The number of ether oxygens (including phenoxy) is 1. The Morgan fingerprint density at radius 3 is 2.38 bits per heavy atom. The standard InChI is InChI=1S/C10H23NOS/c1-9(11)5-7-13-8-6-12-10(2,3)4/h9H,5-8,11H2,1-4H3. The summed E-state index contributed by atoms with van der Waals surface area (Å²) in [6, 6.07) is 0.330. The SMILES string of the molecule is CC(N)CCSCCOC(C)(C)C. The number of hydrogen-bond acceptors (Lipinski definition) is 3. The fraction of sp³-hybridized carbons (Fsp3) is 1.00. The summed E-state index contributed by atoms with van der Waals surface area (Å²) in [4.78, 5) is 0. The van der Waals surface area contributed by atoms with Gasteiger partial charge in [-0.05, 0) is 39.9 Å². The Hall–Kier alpha value is 0.270. The number of hydrogen-bond donors (Lipinski definition) is 1. The van der Waals surface area contributed by atoms with Gasteiger partial charge in [0.25, 0.3) is 0 Å². The molecule has 0 aromatic carbocycles. The highest BCUT2D eigenvalue weighted by Gasteiger charge is 2.08. The molecule has 1 unspecified atom stereocenters. The Kier molecular flexibility index (Phi) is 6.82. The zero-order valence-corrected chi connectivity index (χ0v) is 10.1. The van der Waals surface area contributed by atoms with Gasteiger partial charge in [-0.3, -0.25) is 0 Å². The fourth-order valence-corrected chi connectivity index (χ4v) is 1.72. The van der Waals surface area contributed by atoms with Gasteiger partial charge in [0.2, 0.25) is 0 Å². The first-order valence-corrected chi connectivity index (χ1v) is 6.04. The molecular weight excluding hydrogens is 182 g/mol. The minimum atomic E-state index is 0.00171. The average molecular weight is 205 g/mol. The summed E-state index contributed by atoms with van der Waals surface area (Å²) in [6.07, 6.45) is 1.10. The predicted octanol–water partition coefficient (Wildman–Crippen LogP) is 2.27. The van der Waals surface area contributed by atoms with Crippen LogP contribution in [0.1, 0.15) is 34.1 Å². The van der Waals surface area contributed by atoms with Crippen molar-refractivity contribution in [2.45, 2.75) is 45.8 Å². The largest absolute Gasteiger partial charge is 0.375 e. The van der Waals surface area contributed by atoms with Crippen molar-refractivity contribution in [1.82, 2.24) is 0 Å². The molecule has 0 saturated carbocycles. The molecule has 0 aliphatic heterocycles. The zero-order valence-electron chi connectivity index (χ0n) is 9.30. The van der Waals surface area contributed by atoms with Gasteiger partial charge in [0.05, 0.1) is 12.2 Å². The minimum absolute atomic E-state index is 0.00171. The van der Waals surface area contributed by atoms with Crippen LogP contribution in [0, 0.1) is 0 Å². The Morgan fingerprint density at radius 2 is 1.92 bits per heavy atom. The third-order valence-corrected chi connectivity index (χ3v) is 2.46. The molecular formula is C10H23NOS. The van der Waals surface area contributed by atoms with Crippen LogP contribution in [0.3, 0.4) is 0 Å². The maximum absolute atomic E-state index is 5.63. The minimum Gasteiger partial charge on any atom is -0.375 e. The maximum atomic E-state index is 5.63. The van der Waals surface area contributed by atoms with Crippen LogP contribution in [0.25, 0.3) is 0 Å². The third kappa shape index (κ3) is 12.3. The van der Waals surface area contributed by atoms with Gasteiger partial charge in [-0.2, -0.15) is 11.8 Å². The van der Waals surface area contributed by atoms with Crippen LogP contribution in [-0.4, -0.2) is 29.8 Å². The van der Waals surface area contributed by atoms with Crippen molar-refractivity contribution in [3.8, 4) is 0 Å². The van der Waals surface area contributed by atoms with Crippen LogP contribution in [0.2, 0.25) is 0 Å². The quantitative estimate of drug-likeness (QED) is 0.676. The van der Waals surface area contributed by atoms with Gasteiger partial charge >= 0.3 is 0 Å². The van der Waals surface area contributed by atoms with Gasteiger partial charge in [0.1, 0.15) is 0 Å². The smallest absolute Gasteiger partial charge is 0.0598 e. The third-order valence-electron chi connectivity index (χ3n) is 1.48. The molecule has 0 aliphatic rings. The lowest BCUT2D eigenvalue weighted by molar-refractivity contribution is 0.00695.